The molecule has 3 heteroatoms. The van der Waals surface area contributed by atoms with E-state index in [-0.39, 0.29) is 0 Å². The number of fused-ring (bicyclic) bond motifs is 1. The maximum absolute atomic E-state index is 3.51. The van der Waals surface area contributed by atoms with Crippen LogP contribution in [0.5, 0.6) is 0 Å². The SMILES string of the molecule is CCC1(CN2CCc3sccc3C2)CCNCC1. The Balaban J connectivity index is 1.66. The summed E-state index contributed by atoms with van der Waals surface area (Å²) in [4.78, 5) is 4.33. The van der Waals surface area contributed by atoms with Gasteiger partial charge in [0, 0.05) is 24.5 Å². The molecule has 1 aromatic rings. The van der Waals surface area contributed by atoms with Crippen molar-refractivity contribution >= 4 is 11.3 Å². The maximum atomic E-state index is 3.51. The molecule has 2 aliphatic heterocycles. The van der Waals surface area contributed by atoms with E-state index >= 15 is 0 Å². The molecule has 0 saturated carbocycles. The highest BCUT2D eigenvalue weighted by Crippen LogP contribution is 2.35. The molecule has 1 N–H and O–H groups in total. The van der Waals surface area contributed by atoms with E-state index in [1.54, 1.807) is 10.4 Å². The van der Waals surface area contributed by atoms with Gasteiger partial charge in [0.1, 0.15) is 0 Å². The highest BCUT2D eigenvalue weighted by atomic mass is 32.1. The molecule has 2 aliphatic rings. The summed E-state index contributed by atoms with van der Waals surface area (Å²) in [5.41, 5.74) is 2.17. The van der Waals surface area contributed by atoms with Gasteiger partial charge in [-0.25, -0.2) is 0 Å². The number of piperidine rings is 1. The van der Waals surface area contributed by atoms with Crippen LogP contribution >= 0.6 is 11.3 Å². The van der Waals surface area contributed by atoms with E-state index in [9.17, 15) is 0 Å². The highest BCUT2D eigenvalue weighted by molar-refractivity contribution is 7.10. The standard InChI is InChI=1S/C15H24N2S/c1-2-15(5-7-16-8-6-15)12-17-9-3-14-13(11-17)4-10-18-14/h4,10,16H,2-3,5-9,11-12H2,1H3. The summed E-state index contributed by atoms with van der Waals surface area (Å²) >= 11 is 1.94. The van der Waals surface area contributed by atoms with Gasteiger partial charge in [-0.05, 0) is 61.2 Å². The first-order chi connectivity index (χ1) is 8.81. The second kappa shape index (κ2) is 5.32. The lowest BCUT2D eigenvalue weighted by Gasteiger charge is -2.42. The third-order valence-corrected chi connectivity index (χ3v) is 5.88. The zero-order valence-corrected chi connectivity index (χ0v) is 12.2. The van der Waals surface area contributed by atoms with Crippen molar-refractivity contribution in [2.45, 2.75) is 39.2 Å². The molecular weight excluding hydrogens is 240 g/mol. The van der Waals surface area contributed by atoms with Gasteiger partial charge in [-0.1, -0.05) is 6.92 Å². The van der Waals surface area contributed by atoms with Crippen LogP contribution in [0.15, 0.2) is 11.4 Å². The molecule has 3 heterocycles. The zero-order chi connectivity index (χ0) is 12.4. The number of thiophene rings is 1. The second-order valence-electron chi connectivity index (χ2n) is 5.93. The fourth-order valence-electron chi connectivity index (χ4n) is 3.50. The number of hydrogen-bond acceptors (Lipinski definition) is 3. The summed E-state index contributed by atoms with van der Waals surface area (Å²) in [5.74, 6) is 0. The normalized spacial score (nSPS) is 23.8. The van der Waals surface area contributed by atoms with E-state index in [0.29, 0.717) is 5.41 Å². The lowest BCUT2D eigenvalue weighted by Crippen LogP contribution is -2.45. The quantitative estimate of drug-likeness (QED) is 0.903. The van der Waals surface area contributed by atoms with Gasteiger partial charge < -0.3 is 5.32 Å². The number of hydrogen-bond donors (Lipinski definition) is 1. The summed E-state index contributed by atoms with van der Waals surface area (Å²) in [6.45, 7) is 8.57. The lowest BCUT2D eigenvalue weighted by molar-refractivity contribution is 0.0986. The molecule has 0 radical (unpaired) electrons. The molecule has 0 unspecified atom stereocenters. The van der Waals surface area contributed by atoms with Crippen molar-refractivity contribution in [3.63, 3.8) is 0 Å². The van der Waals surface area contributed by atoms with E-state index in [4.69, 9.17) is 0 Å². The molecular formula is C15H24N2S. The summed E-state index contributed by atoms with van der Waals surface area (Å²) < 4.78 is 0. The number of rotatable bonds is 3. The van der Waals surface area contributed by atoms with Crippen molar-refractivity contribution < 1.29 is 0 Å². The third kappa shape index (κ3) is 2.49. The van der Waals surface area contributed by atoms with Crippen LogP contribution in [-0.2, 0) is 13.0 Å². The molecule has 0 bridgehead atoms. The van der Waals surface area contributed by atoms with Crippen LogP contribution in [0, 0.1) is 5.41 Å². The molecule has 1 saturated heterocycles. The Morgan fingerprint density at radius 3 is 3.00 bits per heavy atom. The van der Waals surface area contributed by atoms with Crippen LogP contribution in [0.2, 0.25) is 0 Å². The Hall–Kier alpha value is -0.380. The maximum Gasteiger partial charge on any atom is 0.0245 e. The average Bonchev–Trinajstić information content (AvgIpc) is 2.87. The third-order valence-electron chi connectivity index (χ3n) is 4.86. The van der Waals surface area contributed by atoms with Crippen molar-refractivity contribution in [2.75, 3.05) is 26.2 Å². The van der Waals surface area contributed by atoms with Crippen molar-refractivity contribution in [1.29, 1.82) is 0 Å². The van der Waals surface area contributed by atoms with Gasteiger partial charge in [-0.2, -0.15) is 0 Å². The highest BCUT2D eigenvalue weighted by Gasteiger charge is 2.33. The van der Waals surface area contributed by atoms with E-state index < -0.39 is 0 Å². The molecule has 3 rings (SSSR count). The summed E-state index contributed by atoms with van der Waals surface area (Å²) in [6.07, 6.45) is 5.32. The molecule has 2 nitrogen and oxygen atoms in total. The lowest BCUT2D eigenvalue weighted by atomic mass is 9.76. The Bertz CT molecular complexity index is 393. The Labute approximate surface area is 114 Å². The first-order valence-electron chi connectivity index (χ1n) is 7.30. The number of nitrogens with one attached hydrogen (secondary N) is 1. The van der Waals surface area contributed by atoms with Gasteiger partial charge in [0.2, 0.25) is 0 Å². The largest absolute Gasteiger partial charge is 0.317 e. The minimum absolute atomic E-state index is 0.582. The summed E-state index contributed by atoms with van der Waals surface area (Å²) in [6, 6.07) is 2.33. The Kier molecular flexibility index (Phi) is 3.73. The predicted molar refractivity (Wildman–Crippen MR) is 78.1 cm³/mol. The smallest absolute Gasteiger partial charge is 0.0245 e. The fraction of sp³-hybridized carbons (Fsp3) is 0.733. The molecule has 0 aliphatic carbocycles. The van der Waals surface area contributed by atoms with Gasteiger partial charge in [-0.15, -0.1) is 11.3 Å². The van der Waals surface area contributed by atoms with Crippen LogP contribution < -0.4 is 5.32 Å². The summed E-state index contributed by atoms with van der Waals surface area (Å²) in [7, 11) is 0. The minimum atomic E-state index is 0.582. The minimum Gasteiger partial charge on any atom is -0.317 e. The molecule has 0 aromatic carbocycles. The molecule has 0 amide bonds. The van der Waals surface area contributed by atoms with Crippen LogP contribution in [0.4, 0.5) is 0 Å². The van der Waals surface area contributed by atoms with E-state index in [1.807, 2.05) is 11.3 Å². The topological polar surface area (TPSA) is 15.3 Å². The first kappa shape index (κ1) is 12.6. The van der Waals surface area contributed by atoms with Crippen LogP contribution in [-0.4, -0.2) is 31.1 Å². The zero-order valence-electron chi connectivity index (χ0n) is 11.4. The van der Waals surface area contributed by atoms with Gasteiger partial charge in [0.25, 0.3) is 0 Å². The number of nitrogens with zero attached hydrogens (tertiary/aromatic N) is 1. The van der Waals surface area contributed by atoms with Gasteiger partial charge in [0.15, 0.2) is 0 Å². The van der Waals surface area contributed by atoms with Crippen molar-refractivity contribution in [3.8, 4) is 0 Å². The van der Waals surface area contributed by atoms with Gasteiger partial charge >= 0.3 is 0 Å². The van der Waals surface area contributed by atoms with Crippen LogP contribution in [0.25, 0.3) is 0 Å². The van der Waals surface area contributed by atoms with E-state index in [2.05, 4.69) is 28.6 Å². The van der Waals surface area contributed by atoms with Crippen molar-refractivity contribution in [1.82, 2.24) is 10.2 Å². The van der Waals surface area contributed by atoms with Crippen molar-refractivity contribution in [3.05, 3.63) is 21.9 Å². The summed E-state index contributed by atoms with van der Waals surface area (Å²) in [5, 5.41) is 5.76. The average molecular weight is 264 g/mol. The van der Waals surface area contributed by atoms with E-state index in [1.165, 1.54) is 58.4 Å². The Morgan fingerprint density at radius 2 is 2.22 bits per heavy atom. The molecule has 18 heavy (non-hydrogen) atoms. The first-order valence-corrected chi connectivity index (χ1v) is 8.18. The molecule has 100 valence electrons. The van der Waals surface area contributed by atoms with Crippen LogP contribution in [0.3, 0.4) is 0 Å². The molecule has 0 spiro atoms. The Morgan fingerprint density at radius 1 is 1.39 bits per heavy atom. The monoisotopic (exact) mass is 264 g/mol. The second-order valence-corrected chi connectivity index (χ2v) is 6.93. The molecule has 1 aromatic heterocycles. The van der Waals surface area contributed by atoms with E-state index in [0.717, 1.165) is 0 Å². The van der Waals surface area contributed by atoms with Crippen LogP contribution in [0.1, 0.15) is 36.6 Å². The van der Waals surface area contributed by atoms with Gasteiger partial charge in [0.05, 0.1) is 0 Å². The van der Waals surface area contributed by atoms with Gasteiger partial charge in [-0.3, -0.25) is 4.90 Å². The predicted octanol–water partition coefficient (Wildman–Crippen LogP) is 2.89. The van der Waals surface area contributed by atoms with Crippen molar-refractivity contribution in [2.24, 2.45) is 5.41 Å². The molecule has 0 atom stereocenters. The molecule has 1 fully saturated rings. The fourth-order valence-corrected chi connectivity index (χ4v) is 4.39.